The Labute approximate surface area is 176 Å². The number of carbonyl (C=O) groups excluding carboxylic acids is 2. The summed E-state index contributed by atoms with van der Waals surface area (Å²) in [6, 6.07) is 13.3. The van der Waals surface area contributed by atoms with Crippen LogP contribution in [0.15, 0.2) is 61.2 Å². The third kappa shape index (κ3) is 6.02. The fourth-order valence-corrected chi connectivity index (χ4v) is 3.97. The molecule has 0 amide bonds. The number of benzene rings is 2. The summed E-state index contributed by atoms with van der Waals surface area (Å²) in [5, 5.41) is 0. The number of esters is 2. The van der Waals surface area contributed by atoms with E-state index in [0.29, 0.717) is 24.0 Å². The van der Waals surface area contributed by atoms with Crippen molar-refractivity contribution in [1.29, 1.82) is 0 Å². The second kappa shape index (κ2) is 10.7. The van der Waals surface area contributed by atoms with Gasteiger partial charge >= 0.3 is 11.9 Å². The zero-order valence-electron chi connectivity index (χ0n) is 17.0. The molecule has 0 saturated heterocycles. The molecular formula is C25H27FO4. The Morgan fingerprint density at radius 2 is 1.73 bits per heavy atom. The van der Waals surface area contributed by atoms with Crippen molar-refractivity contribution in [3.05, 3.63) is 78.1 Å². The molecule has 5 heteroatoms. The molecule has 0 radical (unpaired) electrons. The Balaban J connectivity index is 1.45. The van der Waals surface area contributed by atoms with Crippen LogP contribution in [-0.4, -0.2) is 18.5 Å². The first kappa shape index (κ1) is 21.8. The maximum Gasteiger partial charge on any atom is 0.343 e. The number of halogens is 1. The van der Waals surface area contributed by atoms with Crippen LogP contribution < -0.4 is 4.74 Å². The van der Waals surface area contributed by atoms with Crippen molar-refractivity contribution in [2.75, 3.05) is 6.61 Å². The van der Waals surface area contributed by atoms with Gasteiger partial charge in [0, 0.05) is 6.08 Å². The molecule has 0 aliphatic heterocycles. The number of rotatable bonds is 8. The van der Waals surface area contributed by atoms with E-state index in [-0.39, 0.29) is 11.7 Å². The summed E-state index contributed by atoms with van der Waals surface area (Å²) in [5.74, 6) is -0.398. The maximum atomic E-state index is 13.7. The molecule has 4 nitrogen and oxygen atoms in total. The predicted molar refractivity (Wildman–Crippen MR) is 113 cm³/mol. The van der Waals surface area contributed by atoms with E-state index in [1.807, 2.05) is 12.1 Å². The standard InChI is InChI=1S/C25H27FO4/c1-2-24(27)29-17-5-6-18-9-11-19(12-10-18)20-13-15-21(16-14-20)25(28)30-23-8-4-3-7-22(23)26/h2-4,7-8,13-16,18-19H,1,5-6,9-12,17H2/t18-,19-. The molecule has 30 heavy (non-hydrogen) atoms. The molecule has 2 aromatic rings. The van der Waals surface area contributed by atoms with Crippen molar-refractivity contribution in [3.8, 4) is 5.75 Å². The Hall–Kier alpha value is -2.95. The number of para-hydroxylation sites is 1. The lowest BCUT2D eigenvalue weighted by atomic mass is 9.77. The van der Waals surface area contributed by atoms with E-state index >= 15 is 0 Å². The Kier molecular flexibility index (Phi) is 7.77. The van der Waals surface area contributed by atoms with E-state index < -0.39 is 11.8 Å². The maximum absolute atomic E-state index is 13.7. The van der Waals surface area contributed by atoms with Crippen LogP contribution in [0.2, 0.25) is 0 Å². The molecule has 1 saturated carbocycles. The fraction of sp³-hybridized carbons (Fsp3) is 0.360. The van der Waals surface area contributed by atoms with Crippen LogP contribution >= 0.6 is 0 Å². The molecule has 2 aromatic carbocycles. The smallest absolute Gasteiger partial charge is 0.343 e. The summed E-state index contributed by atoms with van der Waals surface area (Å²) < 4.78 is 23.8. The highest BCUT2D eigenvalue weighted by Gasteiger charge is 2.22. The molecule has 1 aliphatic rings. The Bertz CT molecular complexity index is 867. The van der Waals surface area contributed by atoms with Crippen molar-refractivity contribution in [2.45, 2.75) is 44.4 Å². The van der Waals surface area contributed by atoms with Gasteiger partial charge in [0.05, 0.1) is 12.2 Å². The van der Waals surface area contributed by atoms with Crippen LogP contribution in [0.1, 0.15) is 60.4 Å². The molecule has 0 spiro atoms. The van der Waals surface area contributed by atoms with Crippen LogP contribution in [0.25, 0.3) is 0 Å². The van der Waals surface area contributed by atoms with E-state index in [4.69, 9.17) is 9.47 Å². The van der Waals surface area contributed by atoms with Gasteiger partial charge in [-0.15, -0.1) is 0 Å². The minimum absolute atomic E-state index is 0.0656. The van der Waals surface area contributed by atoms with Crippen molar-refractivity contribution in [1.82, 2.24) is 0 Å². The van der Waals surface area contributed by atoms with E-state index in [1.165, 1.54) is 23.8 Å². The van der Waals surface area contributed by atoms with Crippen molar-refractivity contribution in [2.24, 2.45) is 5.92 Å². The number of carbonyl (C=O) groups is 2. The van der Waals surface area contributed by atoms with Gasteiger partial charge in [0.1, 0.15) is 0 Å². The first-order valence-electron chi connectivity index (χ1n) is 10.4. The first-order chi connectivity index (χ1) is 14.6. The Morgan fingerprint density at radius 1 is 1.03 bits per heavy atom. The van der Waals surface area contributed by atoms with E-state index in [0.717, 1.165) is 38.5 Å². The van der Waals surface area contributed by atoms with Gasteiger partial charge in [0.2, 0.25) is 0 Å². The monoisotopic (exact) mass is 410 g/mol. The largest absolute Gasteiger partial charge is 0.463 e. The van der Waals surface area contributed by atoms with Crippen LogP contribution in [0.4, 0.5) is 4.39 Å². The third-order valence-corrected chi connectivity index (χ3v) is 5.67. The minimum atomic E-state index is -0.562. The van der Waals surface area contributed by atoms with Crippen molar-refractivity contribution < 1.29 is 23.5 Å². The predicted octanol–water partition coefficient (Wildman–Crippen LogP) is 5.83. The fourth-order valence-electron chi connectivity index (χ4n) is 3.97. The molecule has 1 aliphatic carbocycles. The summed E-state index contributed by atoms with van der Waals surface area (Å²) in [5.41, 5.74) is 1.63. The topological polar surface area (TPSA) is 52.6 Å². The van der Waals surface area contributed by atoms with Crippen LogP contribution in [0, 0.1) is 11.7 Å². The molecule has 0 aromatic heterocycles. The SMILES string of the molecule is C=CC(=O)OCCC[C@H]1CC[C@H](c2ccc(C(=O)Oc3ccccc3F)cc2)CC1. The quantitative estimate of drug-likeness (QED) is 0.238. The zero-order valence-corrected chi connectivity index (χ0v) is 17.0. The molecule has 0 heterocycles. The van der Waals surface area contributed by atoms with E-state index in [1.54, 1.807) is 24.3 Å². The molecule has 158 valence electrons. The normalized spacial score (nSPS) is 18.4. The van der Waals surface area contributed by atoms with Gasteiger partial charge in [-0.1, -0.05) is 30.8 Å². The molecule has 0 bridgehead atoms. The van der Waals surface area contributed by atoms with E-state index in [9.17, 15) is 14.0 Å². The van der Waals surface area contributed by atoms with Crippen LogP contribution in [0.5, 0.6) is 5.75 Å². The summed E-state index contributed by atoms with van der Waals surface area (Å²) in [7, 11) is 0. The highest BCUT2D eigenvalue weighted by molar-refractivity contribution is 5.91. The highest BCUT2D eigenvalue weighted by Crippen LogP contribution is 2.37. The molecule has 0 atom stereocenters. The summed E-state index contributed by atoms with van der Waals surface area (Å²) >= 11 is 0. The van der Waals surface area contributed by atoms with Crippen molar-refractivity contribution in [3.63, 3.8) is 0 Å². The summed E-state index contributed by atoms with van der Waals surface area (Å²) in [4.78, 5) is 23.3. The van der Waals surface area contributed by atoms with Crippen LogP contribution in [-0.2, 0) is 9.53 Å². The van der Waals surface area contributed by atoms with Crippen LogP contribution in [0.3, 0.4) is 0 Å². The summed E-state index contributed by atoms with van der Waals surface area (Å²) in [6.07, 6.45) is 7.66. The first-order valence-corrected chi connectivity index (χ1v) is 10.4. The summed E-state index contributed by atoms with van der Waals surface area (Å²) in [6.45, 7) is 3.84. The van der Waals surface area contributed by atoms with Gasteiger partial charge in [-0.25, -0.2) is 14.0 Å². The zero-order chi connectivity index (χ0) is 21.3. The average molecular weight is 410 g/mol. The number of hydrogen-bond donors (Lipinski definition) is 0. The molecule has 0 N–H and O–H groups in total. The van der Waals surface area contributed by atoms with Gasteiger partial charge in [-0.3, -0.25) is 0 Å². The highest BCUT2D eigenvalue weighted by atomic mass is 19.1. The minimum Gasteiger partial charge on any atom is -0.463 e. The number of hydrogen-bond acceptors (Lipinski definition) is 4. The lowest BCUT2D eigenvalue weighted by molar-refractivity contribution is -0.137. The third-order valence-electron chi connectivity index (χ3n) is 5.67. The van der Waals surface area contributed by atoms with Gasteiger partial charge < -0.3 is 9.47 Å². The molecular weight excluding hydrogens is 383 g/mol. The number of ether oxygens (including phenoxy) is 2. The van der Waals surface area contributed by atoms with Crippen molar-refractivity contribution >= 4 is 11.9 Å². The molecule has 1 fully saturated rings. The second-order valence-electron chi connectivity index (χ2n) is 7.67. The second-order valence-corrected chi connectivity index (χ2v) is 7.67. The van der Waals surface area contributed by atoms with Gasteiger partial charge in [0.15, 0.2) is 11.6 Å². The van der Waals surface area contributed by atoms with E-state index in [2.05, 4.69) is 6.58 Å². The Morgan fingerprint density at radius 3 is 2.40 bits per heavy atom. The lowest BCUT2D eigenvalue weighted by Crippen LogP contribution is -2.15. The van der Waals surface area contributed by atoms with Gasteiger partial charge in [0.25, 0.3) is 0 Å². The average Bonchev–Trinajstić information content (AvgIpc) is 2.78. The molecule has 3 rings (SSSR count). The van der Waals surface area contributed by atoms with Gasteiger partial charge in [-0.05, 0) is 80.2 Å². The molecule has 0 unspecified atom stereocenters. The lowest BCUT2D eigenvalue weighted by Gasteiger charge is -2.29. The van der Waals surface area contributed by atoms with Gasteiger partial charge in [-0.2, -0.15) is 0 Å².